The third-order valence-corrected chi connectivity index (χ3v) is 20.6. The maximum absolute atomic E-state index is 13.1. The van der Waals surface area contributed by atoms with E-state index in [9.17, 15) is 43.2 Å². The molecule has 0 fully saturated rings. The van der Waals surface area contributed by atoms with Crippen LogP contribution >= 0.6 is 15.6 Å². The molecule has 19 heteroatoms. The van der Waals surface area contributed by atoms with Gasteiger partial charge in [-0.25, -0.2) is 9.13 Å². The zero-order valence-corrected chi connectivity index (χ0v) is 66.2. The Labute approximate surface area is 600 Å². The van der Waals surface area contributed by atoms with Crippen molar-refractivity contribution in [1.82, 2.24) is 0 Å². The van der Waals surface area contributed by atoms with E-state index in [1.807, 2.05) is 0 Å². The highest BCUT2D eigenvalue weighted by Crippen LogP contribution is 2.45. The molecule has 0 aromatic heterocycles. The smallest absolute Gasteiger partial charge is 0.462 e. The van der Waals surface area contributed by atoms with Crippen molar-refractivity contribution in [2.45, 2.75) is 420 Å². The molecule has 0 aliphatic heterocycles. The van der Waals surface area contributed by atoms with Gasteiger partial charge in [-0.3, -0.25) is 37.3 Å². The lowest BCUT2D eigenvalue weighted by Gasteiger charge is -2.21. The van der Waals surface area contributed by atoms with Crippen LogP contribution in [0.15, 0.2) is 0 Å². The summed E-state index contributed by atoms with van der Waals surface area (Å²) in [6.45, 7) is 14.2. The van der Waals surface area contributed by atoms with Gasteiger partial charge in [-0.1, -0.05) is 351 Å². The molecule has 0 radical (unpaired) electrons. The molecule has 3 N–H and O–H groups in total. The highest BCUT2D eigenvalue weighted by atomic mass is 31.2. The number of carbonyl (C=O) groups excluding carboxylic acids is 4. The Morgan fingerprint density at radius 1 is 0.286 bits per heavy atom. The predicted molar refractivity (Wildman–Crippen MR) is 400 cm³/mol. The normalized spacial score (nSPS) is 14.3. The van der Waals surface area contributed by atoms with Crippen molar-refractivity contribution >= 4 is 39.5 Å². The Hall–Kier alpha value is -1.94. The Balaban J connectivity index is 5.23. The first-order chi connectivity index (χ1) is 47.1. The molecular weight excluding hydrogens is 1280 g/mol. The third-order valence-electron chi connectivity index (χ3n) is 18.7. The summed E-state index contributed by atoms with van der Waals surface area (Å²) >= 11 is 0. The SMILES string of the molecule is CCC(C)CCCCCCCCCCCCCCCCC(=O)O[C@H](COC(=O)CCCCCCCCC(C)C)COP(=O)(O)OC[C@H](O)COP(=O)(O)OC[C@@H](COC(=O)CCCCCCCCCCCCCC(C)C)OC(=O)CCCCCCCCCCCCCCCCC(C)C. The summed E-state index contributed by atoms with van der Waals surface area (Å²) in [5.41, 5.74) is 0. The van der Waals surface area contributed by atoms with Gasteiger partial charge in [0.25, 0.3) is 0 Å². The molecule has 98 heavy (non-hydrogen) atoms. The van der Waals surface area contributed by atoms with Crippen molar-refractivity contribution in [2.24, 2.45) is 23.7 Å². The van der Waals surface area contributed by atoms with Gasteiger partial charge in [0, 0.05) is 25.7 Å². The van der Waals surface area contributed by atoms with Crippen molar-refractivity contribution in [3.05, 3.63) is 0 Å². The monoisotopic (exact) mass is 1440 g/mol. The second-order valence-electron chi connectivity index (χ2n) is 30.1. The fourth-order valence-electron chi connectivity index (χ4n) is 12.0. The first-order valence-electron chi connectivity index (χ1n) is 40.7. The summed E-state index contributed by atoms with van der Waals surface area (Å²) in [6.07, 6.45) is 54.2. The molecule has 0 aliphatic carbocycles. The number of aliphatic hydroxyl groups excluding tert-OH is 1. The van der Waals surface area contributed by atoms with Gasteiger partial charge in [-0.05, 0) is 49.4 Å². The fourth-order valence-corrected chi connectivity index (χ4v) is 13.6. The number of unbranched alkanes of at least 4 members (excludes halogenated alkanes) is 41. The van der Waals surface area contributed by atoms with Crippen LogP contribution in [0.4, 0.5) is 0 Å². The second-order valence-corrected chi connectivity index (χ2v) is 33.0. The van der Waals surface area contributed by atoms with Crippen molar-refractivity contribution in [1.29, 1.82) is 0 Å². The molecule has 582 valence electrons. The summed E-state index contributed by atoms with van der Waals surface area (Å²) in [5, 5.41) is 10.6. The average Bonchev–Trinajstić information content (AvgIpc) is 1.04. The van der Waals surface area contributed by atoms with Gasteiger partial charge >= 0.3 is 39.5 Å². The van der Waals surface area contributed by atoms with E-state index in [1.54, 1.807) is 0 Å². The van der Waals surface area contributed by atoms with Crippen LogP contribution < -0.4 is 0 Å². The molecular formula is C79H154O17P2. The molecule has 0 spiro atoms. The number of phosphoric acid groups is 2. The number of aliphatic hydroxyl groups is 1. The molecule has 0 aliphatic rings. The van der Waals surface area contributed by atoms with Gasteiger partial charge in [0.1, 0.15) is 19.3 Å². The molecule has 0 heterocycles. The summed E-state index contributed by atoms with van der Waals surface area (Å²) < 4.78 is 68.6. The summed E-state index contributed by atoms with van der Waals surface area (Å²) in [5.74, 6) is 0.973. The van der Waals surface area contributed by atoms with E-state index in [0.717, 1.165) is 114 Å². The minimum atomic E-state index is -4.96. The lowest BCUT2D eigenvalue weighted by Crippen LogP contribution is -2.30. The molecule has 0 saturated carbocycles. The van der Waals surface area contributed by atoms with Gasteiger partial charge in [0.2, 0.25) is 0 Å². The van der Waals surface area contributed by atoms with E-state index in [0.29, 0.717) is 31.6 Å². The number of esters is 4. The molecule has 3 unspecified atom stereocenters. The standard InChI is InChI=1S/C79H154O17P2/c1-9-72(8)58-50-42-33-27-21-15-11-13-17-23-30-36-46-54-62-79(84)96-75(66-90-77(82)60-52-44-38-37-41-49-57-71(6)7)68-94-98(87,88)92-64-73(80)63-91-97(85,86)93-67-74(65-89-76(81)59-51-43-34-28-24-18-20-26-32-40-48-56-70(4)5)95-78(83)61-53-45-35-29-22-16-12-10-14-19-25-31-39-47-55-69(2)3/h69-75,80H,9-68H2,1-8H3,(H,85,86)(H,87,88)/t72?,73-,74-,75-/m1/s1. The first-order valence-corrected chi connectivity index (χ1v) is 43.7. The Bertz CT molecular complexity index is 1920. The molecule has 6 atom stereocenters. The topological polar surface area (TPSA) is 237 Å². The van der Waals surface area contributed by atoms with Crippen molar-refractivity contribution in [3.8, 4) is 0 Å². The molecule has 17 nitrogen and oxygen atoms in total. The van der Waals surface area contributed by atoms with Crippen LogP contribution in [0.2, 0.25) is 0 Å². The van der Waals surface area contributed by atoms with Crippen molar-refractivity contribution in [3.63, 3.8) is 0 Å². The summed E-state index contributed by atoms with van der Waals surface area (Å²) in [4.78, 5) is 72.9. The number of hydrogen-bond donors (Lipinski definition) is 3. The van der Waals surface area contributed by atoms with Crippen LogP contribution in [0, 0.1) is 23.7 Å². The van der Waals surface area contributed by atoms with Crippen LogP contribution in [0.5, 0.6) is 0 Å². The van der Waals surface area contributed by atoms with E-state index in [4.69, 9.17) is 37.0 Å². The number of hydrogen-bond acceptors (Lipinski definition) is 15. The zero-order valence-electron chi connectivity index (χ0n) is 64.4. The second kappa shape index (κ2) is 68.2. The maximum Gasteiger partial charge on any atom is 0.472 e. The van der Waals surface area contributed by atoms with Crippen molar-refractivity contribution < 1.29 is 80.2 Å². The Kier molecular flexibility index (Phi) is 66.8. The van der Waals surface area contributed by atoms with E-state index in [1.165, 1.54) is 199 Å². The van der Waals surface area contributed by atoms with Gasteiger partial charge in [-0.2, -0.15) is 0 Å². The van der Waals surface area contributed by atoms with Crippen molar-refractivity contribution in [2.75, 3.05) is 39.6 Å². The fraction of sp³-hybridized carbons (Fsp3) is 0.949. The van der Waals surface area contributed by atoms with E-state index in [2.05, 4.69) is 55.4 Å². The van der Waals surface area contributed by atoms with Crippen LogP contribution in [0.3, 0.4) is 0 Å². The molecule has 0 aromatic rings. The summed E-state index contributed by atoms with van der Waals surface area (Å²) in [7, 11) is -9.92. The van der Waals surface area contributed by atoms with Gasteiger partial charge in [-0.15, -0.1) is 0 Å². The molecule has 0 bridgehead atoms. The highest BCUT2D eigenvalue weighted by Gasteiger charge is 2.30. The van der Waals surface area contributed by atoms with Gasteiger partial charge in [0.05, 0.1) is 26.4 Å². The Morgan fingerprint density at radius 2 is 0.490 bits per heavy atom. The summed E-state index contributed by atoms with van der Waals surface area (Å²) in [6, 6.07) is 0. The molecule has 0 amide bonds. The lowest BCUT2D eigenvalue weighted by atomic mass is 9.99. The van der Waals surface area contributed by atoms with E-state index >= 15 is 0 Å². The zero-order chi connectivity index (χ0) is 72.4. The first kappa shape index (κ1) is 96.1. The molecule has 0 rings (SSSR count). The van der Waals surface area contributed by atoms with Gasteiger partial charge in [0.15, 0.2) is 12.2 Å². The highest BCUT2D eigenvalue weighted by molar-refractivity contribution is 7.47. The van der Waals surface area contributed by atoms with E-state index in [-0.39, 0.29) is 25.7 Å². The minimum absolute atomic E-state index is 0.106. The van der Waals surface area contributed by atoms with Crippen LogP contribution in [-0.4, -0.2) is 96.7 Å². The number of rotatable bonds is 76. The number of carbonyl (C=O) groups is 4. The predicted octanol–water partition coefficient (Wildman–Crippen LogP) is 23.2. The average molecular weight is 1440 g/mol. The number of ether oxygens (including phenoxy) is 4. The molecule has 0 saturated heterocycles. The number of phosphoric ester groups is 2. The minimum Gasteiger partial charge on any atom is -0.462 e. The molecule has 0 aromatic carbocycles. The lowest BCUT2D eigenvalue weighted by molar-refractivity contribution is -0.161. The maximum atomic E-state index is 13.1. The van der Waals surface area contributed by atoms with Gasteiger partial charge < -0.3 is 33.8 Å². The quantitative estimate of drug-likeness (QED) is 0.0222. The van der Waals surface area contributed by atoms with E-state index < -0.39 is 97.5 Å². The van der Waals surface area contributed by atoms with Crippen LogP contribution in [-0.2, 0) is 65.4 Å². The van der Waals surface area contributed by atoms with Crippen LogP contribution in [0.1, 0.15) is 402 Å². The largest absolute Gasteiger partial charge is 0.472 e. The Morgan fingerprint density at radius 3 is 0.724 bits per heavy atom. The third kappa shape index (κ3) is 71.1. The van der Waals surface area contributed by atoms with Crippen LogP contribution in [0.25, 0.3) is 0 Å².